The summed E-state index contributed by atoms with van der Waals surface area (Å²) < 4.78 is 9.82. The number of hydrogen-bond acceptors (Lipinski definition) is 6. The van der Waals surface area contributed by atoms with Gasteiger partial charge in [0.05, 0.1) is 11.1 Å². The second-order valence-corrected chi connectivity index (χ2v) is 7.82. The minimum Gasteiger partial charge on any atom is -0.389 e. The van der Waals surface area contributed by atoms with Crippen LogP contribution in [-0.2, 0) is 19.1 Å². The molecule has 2 aliphatic carbocycles. The summed E-state index contributed by atoms with van der Waals surface area (Å²) >= 11 is 0. The summed E-state index contributed by atoms with van der Waals surface area (Å²) in [6.07, 6.45) is 7.21. The Balaban J connectivity index is 1.73. The molecule has 0 N–H and O–H groups in total. The second-order valence-electron chi connectivity index (χ2n) is 7.82. The standard InChI is InChI=1S/C24H10O6/c25-21-13-5-1-9-10-2-6-15-20-16(24(28)30-23(15)27)8-4-12(18(10)20)11-3-7-14(22(26)29-21)19(13)17(9)11/h1-8,13,15H. The lowest BCUT2D eigenvalue weighted by Gasteiger charge is -2.31. The third-order valence-corrected chi connectivity index (χ3v) is 6.48. The van der Waals surface area contributed by atoms with Gasteiger partial charge in [-0.1, -0.05) is 36.4 Å². The van der Waals surface area contributed by atoms with Gasteiger partial charge in [0.1, 0.15) is 11.8 Å². The largest absolute Gasteiger partial charge is 0.389 e. The Hall–Kier alpha value is -4.06. The van der Waals surface area contributed by atoms with Crippen LogP contribution in [0.2, 0.25) is 0 Å². The lowest BCUT2D eigenvalue weighted by atomic mass is 9.74. The average molecular weight is 394 g/mol. The van der Waals surface area contributed by atoms with E-state index >= 15 is 0 Å². The molecule has 6 nitrogen and oxygen atoms in total. The minimum absolute atomic E-state index is 0.388. The van der Waals surface area contributed by atoms with Crippen LogP contribution in [0.4, 0.5) is 0 Å². The highest BCUT2D eigenvalue weighted by atomic mass is 16.6. The molecule has 4 aliphatic rings. The molecule has 3 aromatic rings. The Morgan fingerprint density at radius 3 is 1.47 bits per heavy atom. The molecule has 0 saturated carbocycles. The first kappa shape index (κ1) is 15.8. The maximum absolute atomic E-state index is 12.4. The predicted molar refractivity (Wildman–Crippen MR) is 106 cm³/mol. The maximum atomic E-state index is 12.4. The number of ether oxygens (including phenoxy) is 2. The van der Waals surface area contributed by atoms with Crippen LogP contribution in [0.1, 0.15) is 54.8 Å². The third-order valence-electron chi connectivity index (χ3n) is 6.48. The van der Waals surface area contributed by atoms with E-state index in [1.807, 2.05) is 24.3 Å². The molecule has 7 rings (SSSR count). The summed E-state index contributed by atoms with van der Waals surface area (Å²) in [6, 6.07) is 7.04. The normalized spacial score (nSPS) is 22.5. The first-order chi connectivity index (χ1) is 14.5. The minimum atomic E-state index is -0.641. The van der Waals surface area contributed by atoms with Crippen molar-refractivity contribution in [3.63, 3.8) is 0 Å². The van der Waals surface area contributed by atoms with Crippen molar-refractivity contribution in [2.75, 3.05) is 0 Å². The fourth-order valence-electron chi connectivity index (χ4n) is 5.28. The van der Waals surface area contributed by atoms with Crippen LogP contribution < -0.4 is 0 Å². The third kappa shape index (κ3) is 1.63. The van der Waals surface area contributed by atoms with Gasteiger partial charge in [0.15, 0.2) is 0 Å². The van der Waals surface area contributed by atoms with Gasteiger partial charge in [-0.15, -0.1) is 0 Å². The maximum Gasteiger partial charge on any atom is 0.346 e. The van der Waals surface area contributed by atoms with Crippen molar-refractivity contribution in [1.29, 1.82) is 0 Å². The quantitative estimate of drug-likeness (QED) is 0.329. The highest BCUT2D eigenvalue weighted by Gasteiger charge is 2.40. The van der Waals surface area contributed by atoms with Crippen molar-refractivity contribution in [2.24, 2.45) is 0 Å². The number of rotatable bonds is 0. The number of carbonyl (C=O) groups excluding carboxylic acids is 4. The van der Waals surface area contributed by atoms with Gasteiger partial charge in [0, 0.05) is 0 Å². The van der Waals surface area contributed by atoms with Crippen LogP contribution in [0.5, 0.6) is 0 Å². The second kappa shape index (κ2) is 4.91. The molecule has 0 amide bonds. The van der Waals surface area contributed by atoms with E-state index < -0.39 is 35.7 Å². The summed E-state index contributed by atoms with van der Waals surface area (Å²) in [4.78, 5) is 49.4. The van der Waals surface area contributed by atoms with E-state index in [-0.39, 0.29) is 0 Å². The molecule has 6 heteroatoms. The highest BCUT2D eigenvalue weighted by molar-refractivity contribution is 6.24. The molecule has 3 aromatic carbocycles. The fourth-order valence-corrected chi connectivity index (χ4v) is 5.28. The molecule has 30 heavy (non-hydrogen) atoms. The fraction of sp³-hybridized carbons (Fsp3) is 0.0833. The smallest absolute Gasteiger partial charge is 0.346 e. The van der Waals surface area contributed by atoms with Crippen LogP contribution in [-0.4, -0.2) is 23.9 Å². The van der Waals surface area contributed by atoms with E-state index in [1.165, 1.54) is 0 Å². The lowest BCUT2D eigenvalue weighted by Crippen LogP contribution is -2.29. The number of hydrogen-bond donors (Lipinski definition) is 0. The molecule has 0 spiro atoms. The molecule has 142 valence electrons. The van der Waals surface area contributed by atoms with Gasteiger partial charge in [-0.25, -0.2) is 9.59 Å². The van der Waals surface area contributed by atoms with Crippen molar-refractivity contribution in [3.8, 4) is 0 Å². The molecule has 0 saturated heterocycles. The molecule has 0 aromatic heterocycles. The van der Waals surface area contributed by atoms with E-state index in [2.05, 4.69) is 0 Å². The van der Waals surface area contributed by atoms with Crippen LogP contribution >= 0.6 is 0 Å². The summed E-state index contributed by atoms with van der Waals surface area (Å²) in [5.74, 6) is -3.70. The van der Waals surface area contributed by atoms with Gasteiger partial charge in [-0.2, -0.15) is 0 Å². The highest BCUT2D eigenvalue weighted by Crippen LogP contribution is 2.49. The topological polar surface area (TPSA) is 86.7 Å². The van der Waals surface area contributed by atoms with Gasteiger partial charge in [-0.05, 0) is 55.9 Å². The Bertz CT molecular complexity index is 1410. The molecule has 2 atom stereocenters. The summed E-state index contributed by atoms with van der Waals surface area (Å²) in [6.45, 7) is 0. The molecule has 0 fully saturated rings. The molecule has 2 heterocycles. The number of benzene rings is 3. The molecule has 0 radical (unpaired) electrons. The van der Waals surface area contributed by atoms with Crippen LogP contribution in [0.25, 0.3) is 33.7 Å². The number of esters is 4. The van der Waals surface area contributed by atoms with Crippen molar-refractivity contribution in [3.05, 3.63) is 69.8 Å². The molecular weight excluding hydrogens is 384 g/mol. The molecule has 0 bridgehead atoms. The number of cyclic esters (lactones) is 4. The van der Waals surface area contributed by atoms with Crippen molar-refractivity contribution in [1.82, 2.24) is 0 Å². The monoisotopic (exact) mass is 394 g/mol. The van der Waals surface area contributed by atoms with Gasteiger partial charge < -0.3 is 9.47 Å². The molecular formula is C24H10O6. The zero-order valence-electron chi connectivity index (χ0n) is 15.2. The Labute approximate surface area is 168 Å². The number of fused-ring (bicyclic) bond motifs is 2. The first-order valence-corrected chi connectivity index (χ1v) is 9.52. The average Bonchev–Trinajstić information content (AvgIpc) is 2.74. The zero-order valence-corrected chi connectivity index (χ0v) is 15.2. The summed E-state index contributed by atoms with van der Waals surface area (Å²) in [7, 11) is 0. The van der Waals surface area contributed by atoms with Crippen molar-refractivity contribution < 1.29 is 28.7 Å². The van der Waals surface area contributed by atoms with Crippen LogP contribution in [0.15, 0.2) is 36.4 Å². The van der Waals surface area contributed by atoms with E-state index in [0.29, 0.717) is 22.3 Å². The van der Waals surface area contributed by atoms with Crippen LogP contribution in [0, 0.1) is 0 Å². The van der Waals surface area contributed by atoms with Crippen LogP contribution in [0.3, 0.4) is 0 Å². The van der Waals surface area contributed by atoms with Gasteiger partial charge >= 0.3 is 23.9 Å². The Morgan fingerprint density at radius 1 is 0.600 bits per heavy atom. The predicted octanol–water partition coefficient (Wildman–Crippen LogP) is 3.61. The van der Waals surface area contributed by atoms with E-state index in [0.717, 1.165) is 32.7 Å². The SMILES string of the molecule is O=C1OC(=O)C2C=Cc3c4c5c6c(ccc5c5ccc1c2c35)C(=O)OC(=O)C6C=C4. The van der Waals surface area contributed by atoms with Crippen molar-refractivity contribution >= 4 is 57.6 Å². The van der Waals surface area contributed by atoms with Gasteiger partial charge in [0.2, 0.25) is 0 Å². The Morgan fingerprint density at radius 2 is 1.03 bits per heavy atom. The van der Waals surface area contributed by atoms with Gasteiger partial charge in [-0.3, -0.25) is 9.59 Å². The van der Waals surface area contributed by atoms with E-state index in [1.54, 1.807) is 24.3 Å². The Kier molecular flexibility index (Phi) is 2.59. The number of carbonyl (C=O) groups is 4. The molecule has 2 unspecified atom stereocenters. The van der Waals surface area contributed by atoms with E-state index in [4.69, 9.17) is 9.47 Å². The summed E-state index contributed by atoms with van der Waals surface area (Å²) in [5.41, 5.74) is 3.82. The lowest BCUT2D eigenvalue weighted by molar-refractivity contribution is -0.140. The van der Waals surface area contributed by atoms with E-state index in [9.17, 15) is 19.2 Å². The van der Waals surface area contributed by atoms with Gasteiger partial charge in [0.25, 0.3) is 0 Å². The van der Waals surface area contributed by atoms with Crippen molar-refractivity contribution in [2.45, 2.75) is 11.8 Å². The molecule has 2 aliphatic heterocycles. The zero-order chi connectivity index (χ0) is 20.3. The summed E-state index contributed by atoms with van der Waals surface area (Å²) in [5, 5.41) is 3.39. The first-order valence-electron chi connectivity index (χ1n) is 9.52.